The zero-order chi connectivity index (χ0) is 21.8. The summed E-state index contributed by atoms with van der Waals surface area (Å²) in [7, 11) is 0. The second-order valence-electron chi connectivity index (χ2n) is 7.02. The van der Waals surface area contributed by atoms with Crippen LogP contribution in [0.15, 0.2) is 42.6 Å². The largest absolute Gasteiger partial charge is 0.494 e. The number of hydrogen-bond donors (Lipinski definition) is 2. The van der Waals surface area contributed by atoms with Gasteiger partial charge in [-0.2, -0.15) is 0 Å². The zero-order valence-electron chi connectivity index (χ0n) is 17.9. The Morgan fingerprint density at radius 1 is 1.10 bits per heavy atom. The first-order chi connectivity index (χ1) is 14.5. The van der Waals surface area contributed by atoms with Crippen molar-refractivity contribution in [2.45, 2.75) is 52.5 Å². The maximum atomic E-state index is 12.5. The molecule has 2 rings (SSSR count). The second kappa shape index (κ2) is 12.5. The molecule has 0 aliphatic rings. The molecule has 0 aliphatic heterocycles. The van der Waals surface area contributed by atoms with Gasteiger partial charge in [0.1, 0.15) is 17.1 Å². The highest BCUT2D eigenvalue weighted by Gasteiger charge is 2.16. The number of nitrogens with zero attached hydrogens (tertiary/aromatic N) is 1. The van der Waals surface area contributed by atoms with Crippen LogP contribution in [0.2, 0.25) is 0 Å². The first-order valence-electron chi connectivity index (χ1n) is 10.4. The maximum absolute atomic E-state index is 12.5. The van der Waals surface area contributed by atoms with E-state index in [1.54, 1.807) is 18.3 Å². The fourth-order valence-corrected chi connectivity index (χ4v) is 2.91. The number of esters is 1. The standard InChI is InChI=1S/C23H31N3O4/c1-4-6-7-9-17(3)25-21(27)16-30-23(28)20-10-8-15-24-22(20)26-18-11-13-19(14-12-18)29-5-2/h8,10-15,17H,4-7,9,16H2,1-3H3,(H,24,26)(H,25,27). The lowest BCUT2D eigenvalue weighted by Crippen LogP contribution is -2.35. The van der Waals surface area contributed by atoms with Crippen molar-refractivity contribution in [2.75, 3.05) is 18.5 Å². The molecule has 0 fully saturated rings. The number of pyridine rings is 1. The van der Waals surface area contributed by atoms with Gasteiger partial charge in [0.2, 0.25) is 0 Å². The van der Waals surface area contributed by atoms with Gasteiger partial charge in [-0.1, -0.05) is 26.2 Å². The molecule has 7 heteroatoms. The average Bonchev–Trinajstić information content (AvgIpc) is 2.74. The quantitative estimate of drug-likeness (QED) is 0.394. The van der Waals surface area contributed by atoms with Crippen LogP contribution in [0.4, 0.5) is 11.5 Å². The number of aromatic nitrogens is 1. The number of ether oxygens (including phenoxy) is 2. The Hall–Kier alpha value is -3.09. The number of amides is 1. The molecular formula is C23H31N3O4. The minimum absolute atomic E-state index is 0.0537. The van der Waals surface area contributed by atoms with Gasteiger partial charge in [0, 0.05) is 17.9 Å². The Balaban J connectivity index is 1.91. The van der Waals surface area contributed by atoms with Crippen molar-refractivity contribution >= 4 is 23.4 Å². The molecule has 1 aromatic carbocycles. The number of unbranched alkanes of at least 4 members (excludes halogenated alkanes) is 2. The van der Waals surface area contributed by atoms with Crippen molar-refractivity contribution in [1.82, 2.24) is 10.3 Å². The Kier molecular flexibility index (Phi) is 9.64. The van der Waals surface area contributed by atoms with E-state index in [0.29, 0.717) is 12.4 Å². The summed E-state index contributed by atoms with van der Waals surface area (Å²) in [6, 6.07) is 10.6. The van der Waals surface area contributed by atoms with E-state index in [4.69, 9.17) is 9.47 Å². The molecule has 0 radical (unpaired) electrons. The predicted molar refractivity (Wildman–Crippen MR) is 117 cm³/mol. The van der Waals surface area contributed by atoms with Crippen LogP contribution in [0.3, 0.4) is 0 Å². The topological polar surface area (TPSA) is 89.5 Å². The fourth-order valence-electron chi connectivity index (χ4n) is 2.91. The van der Waals surface area contributed by atoms with Gasteiger partial charge in [-0.15, -0.1) is 0 Å². The molecule has 1 unspecified atom stereocenters. The SMILES string of the molecule is CCCCCC(C)NC(=O)COC(=O)c1cccnc1Nc1ccc(OCC)cc1. The van der Waals surface area contributed by atoms with Crippen molar-refractivity contribution in [1.29, 1.82) is 0 Å². The van der Waals surface area contributed by atoms with E-state index >= 15 is 0 Å². The summed E-state index contributed by atoms with van der Waals surface area (Å²) in [5.41, 5.74) is 1.01. The van der Waals surface area contributed by atoms with Gasteiger partial charge in [0.15, 0.2) is 6.61 Å². The molecule has 1 amide bonds. The third-order valence-corrected chi connectivity index (χ3v) is 4.44. The van der Waals surface area contributed by atoms with E-state index in [-0.39, 0.29) is 24.1 Å². The van der Waals surface area contributed by atoms with E-state index < -0.39 is 5.97 Å². The van der Waals surface area contributed by atoms with Crippen LogP contribution in [-0.4, -0.2) is 36.1 Å². The van der Waals surface area contributed by atoms with Gasteiger partial charge in [-0.3, -0.25) is 4.79 Å². The smallest absolute Gasteiger partial charge is 0.342 e. The van der Waals surface area contributed by atoms with Crippen LogP contribution < -0.4 is 15.4 Å². The van der Waals surface area contributed by atoms with Crippen LogP contribution in [0.25, 0.3) is 0 Å². The van der Waals surface area contributed by atoms with Crippen LogP contribution in [0.5, 0.6) is 5.75 Å². The molecule has 1 aromatic heterocycles. The number of benzene rings is 1. The molecule has 0 aliphatic carbocycles. The van der Waals surface area contributed by atoms with Gasteiger partial charge in [0.05, 0.1) is 6.61 Å². The Morgan fingerprint density at radius 3 is 2.57 bits per heavy atom. The van der Waals surface area contributed by atoms with E-state index in [0.717, 1.165) is 37.1 Å². The number of carbonyl (C=O) groups excluding carboxylic acids is 2. The molecule has 162 valence electrons. The normalized spacial score (nSPS) is 11.4. The highest BCUT2D eigenvalue weighted by Crippen LogP contribution is 2.21. The zero-order valence-corrected chi connectivity index (χ0v) is 17.9. The number of hydrogen-bond acceptors (Lipinski definition) is 6. The van der Waals surface area contributed by atoms with Crippen molar-refractivity contribution in [3.8, 4) is 5.75 Å². The molecule has 2 N–H and O–H groups in total. The lowest BCUT2D eigenvalue weighted by molar-refractivity contribution is -0.124. The number of rotatable bonds is 12. The van der Waals surface area contributed by atoms with Gasteiger partial charge in [-0.25, -0.2) is 9.78 Å². The Morgan fingerprint density at radius 2 is 1.87 bits per heavy atom. The number of nitrogens with one attached hydrogen (secondary N) is 2. The molecule has 0 bridgehead atoms. The molecule has 1 atom stereocenters. The third kappa shape index (κ3) is 7.73. The van der Waals surface area contributed by atoms with Crippen LogP contribution in [-0.2, 0) is 9.53 Å². The van der Waals surface area contributed by atoms with Gasteiger partial charge in [0.25, 0.3) is 5.91 Å². The molecule has 0 saturated carbocycles. The van der Waals surface area contributed by atoms with Gasteiger partial charge < -0.3 is 20.1 Å². The van der Waals surface area contributed by atoms with Crippen molar-refractivity contribution < 1.29 is 19.1 Å². The van der Waals surface area contributed by atoms with Gasteiger partial charge in [-0.05, 0) is 56.7 Å². The Labute approximate surface area is 178 Å². The molecule has 1 heterocycles. The Bertz CT molecular complexity index is 808. The summed E-state index contributed by atoms with van der Waals surface area (Å²) in [6.45, 7) is 6.28. The van der Waals surface area contributed by atoms with Crippen LogP contribution in [0, 0.1) is 0 Å². The highest BCUT2D eigenvalue weighted by molar-refractivity contribution is 5.96. The summed E-state index contributed by atoms with van der Waals surface area (Å²) >= 11 is 0. The summed E-state index contributed by atoms with van der Waals surface area (Å²) in [6.07, 6.45) is 5.83. The molecule has 2 aromatic rings. The molecule has 7 nitrogen and oxygen atoms in total. The maximum Gasteiger partial charge on any atom is 0.342 e. The summed E-state index contributed by atoms with van der Waals surface area (Å²) in [4.78, 5) is 28.8. The predicted octanol–water partition coefficient (Wildman–Crippen LogP) is 4.47. The van der Waals surface area contributed by atoms with Crippen molar-refractivity contribution in [2.24, 2.45) is 0 Å². The molecule has 0 spiro atoms. The summed E-state index contributed by atoms with van der Waals surface area (Å²) < 4.78 is 10.6. The monoisotopic (exact) mass is 413 g/mol. The van der Waals surface area contributed by atoms with E-state index in [1.165, 1.54) is 0 Å². The second-order valence-corrected chi connectivity index (χ2v) is 7.02. The highest BCUT2D eigenvalue weighted by atomic mass is 16.5. The molecular weight excluding hydrogens is 382 g/mol. The third-order valence-electron chi connectivity index (χ3n) is 4.44. The number of carbonyl (C=O) groups is 2. The number of anilines is 2. The summed E-state index contributed by atoms with van der Waals surface area (Å²) in [5, 5.41) is 5.96. The minimum atomic E-state index is -0.606. The molecule has 0 saturated heterocycles. The minimum Gasteiger partial charge on any atom is -0.494 e. The van der Waals surface area contributed by atoms with Crippen LogP contribution in [0.1, 0.15) is 56.8 Å². The lowest BCUT2D eigenvalue weighted by Gasteiger charge is -2.14. The van der Waals surface area contributed by atoms with Crippen LogP contribution >= 0.6 is 0 Å². The first-order valence-corrected chi connectivity index (χ1v) is 10.4. The first kappa shape index (κ1) is 23.2. The lowest BCUT2D eigenvalue weighted by atomic mass is 10.1. The summed E-state index contributed by atoms with van der Waals surface area (Å²) in [5.74, 6) is 0.209. The molecule has 30 heavy (non-hydrogen) atoms. The average molecular weight is 414 g/mol. The van der Waals surface area contributed by atoms with Crippen molar-refractivity contribution in [3.05, 3.63) is 48.2 Å². The van der Waals surface area contributed by atoms with E-state index in [2.05, 4.69) is 22.5 Å². The fraction of sp³-hybridized carbons (Fsp3) is 0.435. The van der Waals surface area contributed by atoms with E-state index in [9.17, 15) is 9.59 Å². The van der Waals surface area contributed by atoms with Gasteiger partial charge >= 0.3 is 5.97 Å². The van der Waals surface area contributed by atoms with E-state index in [1.807, 2.05) is 38.1 Å². The van der Waals surface area contributed by atoms with Crippen molar-refractivity contribution in [3.63, 3.8) is 0 Å².